The van der Waals surface area contributed by atoms with Gasteiger partial charge >= 0.3 is 5.97 Å². The first-order valence-electron chi connectivity index (χ1n) is 6.27. The molecular formula is C12H21N3O5. The number of amides is 3. The van der Waals surface area contributed by atoms with Gasteiger partial charge in [0, 0.05) is 6.42 Å². The average molecular weight is 287 g/mol. The Bertz CT molecular complexity index is 383. The zero-order valence-corrected chi connectivity index (χ0v) is 11.9. The third-order valence-corrected chi connectivity index (χ3v) is 2.45. The summed E-state index contributed by atoms with van der Waals surface area (Å²) in [4.78, 5) is 45.5. The van der Waals surface area contributed by atoms with E-state index in [1.54, 1.807) is 0 Å². The van der Waals surface area contributed by atoms with Crippen molar-refractivity contribution in [1.82, 2.24) is 10.6 Å². The van der Waals surface area contributed by atoms with Gasteiger partial charge in [0.2, 0.25) is 17.7 Å². The van der Waals surface area contributed by atoms with Crippen molar-refractivity contribution in [3.8, 4) is 0 Å². The molecule has 114 valence electrons. The van der Waals surface area contributed by atoms with Gasteiger partial charge < -0.3 is 21.1 Å². The van der Waals surface area contributed by atoms with E-state index in [-0.39, 0.29) is 18.7 Å². The molecule has 0 radical (unpaired) electrons. The Kier molecular flexibility index (Phi) is 7.95. The Labute approximate surface area is 117 Å². The molecule has 0 aliphatic heterocycles. The average Bonchev–Trinajstić information content (AvgIpc) is 2.36. The van der Waals surface area contributed by atoms with Gasteiger partial charge in [-0.25, -0.2) is 4.79 Å². The monoisotopic (exact) mass is 287 g/mol. The molecule has 0 saturated carbocycles. The number of esters is 1. The minimum atomic E-state index is -1.10. The first-order chi connectivity index (χ1) is 9.31. The SMILES string of the molecule is CCCC(=O)N[C@H](CC(N)=O)C(=O)N[C@@H](C)C(=O)OC. The molecule has 0 aromatic rings. The van der Waals surface area contributed by atoms with Gasteiger partial charge in [-0.1, -0.05) is 6.92 Å². The minimum Gasteiger partial charge on any atom is -0.467 e. The number of ether oxygens (including phenoxy) is 1. The quantitative estimate of drug-likeness (QED) is 0.484. The van der Waals surface area contributed by atoms with Crippen LogP contribution in [0.15, 0.2) is 0 Å². The molecule has 0 saturated heterocycles. The Morgan fingerprint density at radius 1 is 1.20 bits per heavy atom. The Hall–Kier alpha value is -2.12. The van der Waals surface area contributed by atoms with Gasteiger partial charge in [0.05, 0.1) is 13.5 Å². The summed E-state index contributed by atoms with van der Waals surface area (Å²) in [6.07, 6.45) is 0.500. The molecule has 20 heavy (non-hydrogen) atoms. The van der Waals surface area contributed by atoms with Gasteiger partial charge in [-0.05, 0) is 13.3 Å². The van der Waals surface area contributed by atoms with Crippen LogP contribution in [-0.2, 0) is 23.9 Å². The lowest BCUT2D eigenvalue weighted by atomic mass is 10.1. The highest BCUT2D eigenvalue weighted by atomic mass is 16.5. The van der Waals surface area contributed by atoms with Gasteiger partial charge in [-0.3, -0.25) is 14.4 Å². The molecule has 4 N–H and O–H groups in total. The van der Waals surface area contributed by atoms with Crippen molar-refractivity contribution in [3.63, 3.8) is 0 Å². The van der Waals surface area contributed by atoms with E-state index in [4.69, 9.17) is 5.73 Å². The van der Waals surface area contributed by atoms with Crippen LogP contribution < -0.4 is 16.4 Å². The molecule has 0 rings (SSSR count). The number of carbonyl (C=O) groups excluding carboxylic acids is 4. The van der Waals surface area contributed by atoms with E-state index in [1.807, 2.05) is 6.92 Å². The number of nitrogens with one attached hydrogen (secondary N) is 2. The van der Waals surface area contributed by atoms with E-state index in [0.29, 0.717) is 6.42 Å². The van der Waals surface area contributed by atoms with E-state index in [9.17, 15) is 19.2 Å². The molecule has 3 amide bonds. The summed E-state index contributed by atoms with van der Waals surface area (Å²) >= 11 is 0. The number of methoxy groups -OCH3 is 1. The van der Waals surface area contributed by atoms with Crippen LogP contribution in [0.4, 0.5) is 0 Å². The molecule has 0 unspecified atom stereocenters. The Morgan fingerprint density at radius 2 is 1.80 bits per heavy atom. The molecule has 0 heterocycles. The third-order valence-electron chi connectivity index (χ3n) is 2.45. The van der Waals surface area contributed by atoms with Crippen LogP contribution in [0.2, 0.25) is 0 Å². The normalized spacial score (nSPS) is 12.9. The van der Waals surface area contributed by atoms with E-state index in [2.05, 4.69) is 15.4 Å². The molecular weight excluding hydrogens is 266 g/mol. The van der Waals surface area contributed by atoms with Gasteiger partial charge in [0.1, 0.15) is 12.1 Å². The molecule has 2 atom stereocenters. The molecule has 8 heteroatoms. The molecule has 0 bridgehead atoms. The second kappa shape index (κ2) is 8.89. The zero-order valence-electron chi connectivity index (χ0n) is 11.9. The minimum absolute atomic E-state index is 0.231. The number of nitrogens with two attached hydrogens (primary N) is 1. The topological polar surface area (TPSA) is 128 Å². The molecule has 0 aromatic carbocycles. The molecule has 0 aromatic heterocycles. The van der Waals surface area contributed by atoms with Gasteiger partial charge in [-0.15, -0.1) is 0 Å². The summed E-state index contributed by atoms with van der Waals surface area (Å²) in [5.41, 5.74) is 5.04. The number of rotatable bonds is 8. The van der Waals surface area contributed by atoms with E-state index < -0.39 is 29.9 Å². The number of primary amides is 1. The van der Waals surface area contributed by atoms with Gasteiger partial charge in [-0.2, -0.15) is 0 Å². The van der Waals surface area contributed by atoms with Crippen molar-refractivity contribution in [3.05, 3.63) is 0 Å². The van der Waals surface area contributed by atoms with Gasteiger partial charge in [0.25, 0.3) is 0 Å². The second-order valence-corrected chi connectivity index (χ2v) is 4.29. The molecule has 0 spiro atoms. The third kappa shape index (κ3) is 6.72. The predicted octanol–water partition coefficient (Wildman–Crippen LogP) is -1.18. The van der Waals surface area contributed by atoms with Crippen LogP contribution in [-0.4, -0.2) is 42.9 Å². The highest BCUT2D eigenvalue weighted by Gasteiger charge is 2.25. The fourth-order valence-electron chi connectivity index (χ4n) is 1.45. The second-order valence-electron chi connectivity index (χ2n) is 4.29. The van der Waals surface area contributed by atoms with Gasteiger partial charge in [0.15, 0.2) is 0 Å². The predicted molar refractivity (Wildman–Crippen MR) is 70.3 cm³/mol. The largest absolute Gasteiger partial charge is 0.467 e. The molecule has 8 nitrogen and oxygen atoms in total. The summed E-state index contributed by atoms with van der Waals surface area (Å²) in [6, 6.07) is -1.98. The summed E-state index contributed by atoms with van der Waals surface area (Å²) in [7, 11) is 1.19. The van der Waals surface area contributed by atoms with Crippen molar-refractivity contribution in [1.29, 1.82) is 0 Å². The highest BCUT2D eigenvalue weighted by molar-refractivity contribution is 5.93. The summed E-state index contributed by atoms with van der Waals surface area (Å²) in [6.45, 7) is 3.24. The van der Waals surface area contributed by atoms with Crippen LogP contribution in [0, 0.1) is 0 Å². The standard InChI is InChI=1S/C12H21N3O5/c1-4-5-10(17)15-8(6-9(13)16)11(18)14-7(2)12(19)20-3/h7-8H,4-6H2,1-3H3,(H2,13,16)(H,14,18)(H,15,17)/t7-,8+/m0/s1. The lowest BCUT2D eigenvalue weighted by Gasteiger charge is -2.19. The first-order valence-corrected chi connectivity index (χ1v) is 6.27. The molecule has 0 aliphatic carbocycles. The van der Waals surface area contributed by atoms with Crippen molar-refractivity contribution in [2.24, 2.45) is 5.73 Å². The van der Waals surface area contributed by atoms with Crippen LogP contribution in [0.25, 0.3) is 0 Å². The van der Waals surface area contributed by atoms with Crippen molar-refractivity contribution in [2.75, 3.05) is 7.11 Å². The maximum absolute atomic E-state index is 11.9. The Balaban J connectivity index is 4.67. The Morgan fingerprint density at radius 3 is 2.25 bits per heavy atom. The smallest absolute Gasteiger partial charge is 0.328 e. The fourth-order valence-corrected chi connectivity index (χ4v) is 1.45. The summed E-state index contributed by atoms with van der Waals surface area (Å²) < 4.78 is 4.46. The van der Waals surface area contributed by atoms with Crippen LogP contribution in [0.5, 0.6) is 0 Å². The van der Waals surface area contributed by atoms with Crippen molar-refractivity contribution >= 4 is 23.7 Å². The molecule has 0 aliphatic rings. The van der Waals surface area contributed by atoms with Crippen LogP contribution >= 0.6 is 0 Å². The van der Waals surface area contributed by atoms with E-state index >= 15 is 0 Å². The number of hydrogen-bond donors (Lipinski definition) is 3. The summed E-state index contributed by atoms with van der Waals surface area (Å²) in [5, 5.41) is 4.75. The lowest BCUT2D eigenvalue weighted by molar-refractivity contribution is -0.144. The lowest BCUT2D eigenvalue weighted by Crippen LogP contribution is -2.52. The fraction of sp³-hybridized carbons (Fsp3) is 0.667. The number of carbonyl (C=O) groups is 4. The van der Waals surface area contributed by atoms with E-state index in [0.717, 1.165) is 0 Å². The first kappa shape index (κ1) is 17.9. The van der Waals surface area contributed by atoms with Crippen LogP contribution in [0.1, 0.15) is 33.1 Å². The zero-order chi connectivity index (χ0) is 15.7. The maximum atomic E-state index is 11.9. The highest BCUT2D eigenvalue weighted by Crippen LogP contribution is 1.97. The van der Waals surface area contributed by atoms with Crippen LogP contribution in [0.3, 0.4) is 0 Å². The number of hydrogen-bond acceptors (Lipinski definition) is 5. The summed E-state index contributed by atoms with van der Waals surface area (Å²) in [5.74, 6) is -2.38. The van der Waals surface area contributed by atoms with E-state index in [1.165, 1.54) is 14.0 Å². The molecule has 0 fully saturated rings. The van der Waals surface area contributed by atoms with Crippen molar-refractivity contribution < 1.29 is 23.9 Å². The van der Waals surface area contributed by atoms with Crippen molar-refractivity contribution in [2.45, 2.75) is 45.2 Å². The maximum Gasteiger partial charge on any atom is 0.328 e.